The van der Waals surface area contributed by atoms with Crippen molar-refractivity contribution in [1.29, 1.82) is 0 Å². The highest BCUT2D eigenvalue weighted by Crippen LogP contribution is 2.15. The Morgan fingerprint density at radius 2 is 1.83 bits per heavy atom. The Hall–Kier alpha value is -3.48. The smallest absolute Gasteiger partial charge is 0.308 e. The van der Waals surface area contributed by atoms with Gasteiger partial charge in [-0.1, -0.05) is 49.4 Å². The number of para-hydroxylation sites is 1. The van der Waals surface area contributed by atoms with Crippen molar-refractivity contribution in [2.24, 2.45) is 0 Å². The standard InChI is InChI=1S/C22H23N3O4/c1-3-15-8-10-16(11-9-15)21(27)14(2)29-19(26)12-13-23-22(28)20-17-6-4-5-7-18(17)24-25-20/h4-11,14H,3,12-13H2,1-2H3,(H,23,28)(H,24,25). The molecule has 0 saturated carbocycles. The molecule has 7 heteroatoms. The van der Waals surface area contributed by atoms with E-state index < -0.39 is 12.1 Å². The molecule has 29 heavy (non-hydrogen) atoms. The zero-order valence-corrected chi connectivity index (χ0v) is 16.4. The van der Waals surface area contributed by atoms with E-state index in [0.29, 0.717) is 10.9 Å². The number of carbonyl (C=O) groups is 3. The minimum Gasteiger partial charge on any atom is -0.454 e. The van der Waals surface area contributed by atoms with E-state index in [1.165, 1.54) is 0 Å². The van der Waals surface area contributed by atoms with Crippen LogP contribution in [0.2, 0.25) is 0 Å². The van der Waals surface area contributed by atoms with Gasteiger partial charge in [-0.25, -0.2) is 0 Å². The van der Waals surface area contributed by atoms with Gasteiger partial charge in [-0.3, -0.25) is 19.5 Å². The molecule has 0 aliphatic rings. The van der Waals surface area contributed by atoms with E-state index in [-0.39, 0.29) is 30.3 Å². The molecule has 0 bridgehead atoms. The molecule has 1 amide bonds. The molecule has 0 spiro atoms. The number of ketones is 1. The molecule has 3 aromatic rings. The molecule has 0 aliphatic heterocycles. The number of aromatic amines is 1. The first kappa shape index (κ1) is 20.3. The fourth-order valence-electron chi connectivity index (χ4n) is 2.95. The lowest BCUT2D eigenvalue weighted by atomic mass is 10.0. The molecule has 1 atom stereocenters. The zero-order chi connectivity index (χ0) is 20.8. The fraction of sp³-hybridized carbons (Fsp3) is 0.273. The van der Waals surface area contributed by atoms with Gasteiger partial charge in [0.2, 0.25) is 5.78 Å². The predicted molar refractivity (Wildman–Crippen MR) is 109 cm³/mol. The van der Waals surface area contributed by atoms with Crippen LogP contribution in [-0.4, -0.2) is 40.5 Å². The van der Waals surface area contributed by atoms with Crippen molar-refractivity contribution in [1.82, 2.24) is 15.5 Å². The number of aryl methyl sites for hydroxylation is 1. The molecule has 1 unspecified atom stereocenters. The van der Waals surface area contributed by atoms with E-state index in [2.05, 4.69) is 15.5 Å². The Morgan fingerprint density at radius 1 is 1.10 bits per heavy atom. The van der Waals surface area contributed by atoms with Crippen molar-refractivity contribution < 1.29 is 19.1 Å². The topological polar surface area (TPSA) is 101 Å². The van der Waals surface area contributed by atoms with Gasteiger partial charge in [-0.05, 0) is 25.0 Å². The number of carbonyl (C=O) groups excluding carboxylic acids is 3. The molecule has 2 N–H and O–H groups in total. The molecule has 0 fully saturated rings. The predicted octanol–water partition coefficient (Wildman–Crippen LogP) is 3.06. The summed E-state index contributed by atoms with van der Waals surface area (Å²) in [4.78, 5) is 36.7. The lowest BCUT2D eigenvalue weighted by Crippen LogP contribution is -2.29. The molecule has 7 nitrogen and oxygen atoms in total. The van der Waals surface area contributed by atoms with Gasteiger partial charge >= 0.3 is 5.97 Å². The molecular formula is C22H23N3O4. The first-order valence-corrected chi connectivity index (χ1v) is 9.53. The maximum Gasteiger partial charge on any atom is 0.308 e. The van der Waals surface area contributed by atoms with Crippen LogP contribution in [0.5, 0.6) is 0 Å². The van der Waals surface area contributed by atoms with Crippen LogP contribution in [0.3, 0.4) is 0 Å². The molecule has 150 valence electrons. The van der Waals surface area contributed by atoms with Crippen LogP contribution in [0.15, 0.2) is 48.5 Å². The number of hydrogen-bond acceptors (Lipinski definition) is 5. The molecule has 1 aromatic heterocycles. The summed E-state index contributed by atoms with van der Waals surface area (Å²) in [6.45, 7) is 3.67. The highest BCUT2D eigenvalue weighted by Gasteiger charge is 2.20. The average molecular weight is 393 g/mol. The minimum atomic E-state index is -0.888. The largest absolute Gasteiger partial charge is 0.454 e. The van der Waals surface area contributed by atoms with Gasteiger partial charge in [-0.2, -0.15) is 5.10 Å². The summed E-state index contributed by atoms with van der Waals surface area (Å²) in [6, 6.07) is 14.5. The quantitative estimate of drug-likeness (QED) is 0.452. The normalized spacial score (nSPS) is 11.8. The van der Waals surface area contributed by atoms with Crippen molar-refractivity contribution in [3.63, 3.8) is 0 Å². The lowest BCUT2D eigenvalue weighted by molar-refractivity contribution is -0.146. The van der Waals surface area contributed by atoms with Crippen molar-refractivity contribution in [3.8, 4) is 0 Å². The van der Waals surface area contributed by atoms with Gasteiger partial charge in [0.05, 0.1) is 11.9 Å². The molecule has 2 aromatic carbocycles. The third-order valence-electron chi connectivity index (χ3n) is 4.62. The first-order chi connectivity index (χ1) is 14.0. The lowest BCUT2D eigenvalue weighted by Gasteiger charge is -2.13. The van der Waals surface area contributed by atoms with E-state index in [4.69, 9.17) is 4.74 Å². The summed E-state index contributed by atoms with van der Waals surface area (Å²) in [6.07, 6.45) is -0.0415. The van der Waals surface area contributed by atoms with Gasteiger partial charge in [0.1, 0.15) is 0 Å². The third-order valence-corrected chi connectivity index (χ3v) is 4.62. The van der Waals surface area contributed by atoms with Gasteiger partial charge in [-0.15, -0.1) is 0 Å². The SMILES string of the molecule is CCc1ccc(C(=O)C(C)OC(=O)CCNC(=O)c2n[nH]c3ccccc23)cc1. The Labute approximate surface area is 168 Å². The number of H-pyrrole nitrogens is 1. The molecule has 0 radical (unpaired) electrons. The number of Topliss-reactive ketones (excluding diaryl/α,β-unsaturated/α-hetero) is 1. The Bertz CT molecular complexity index is 1020. The summed E-state index contributed by atoms with van der Waals surface area (Å²) in [5, 5.41) is 10.2. The van der Waals surface area contributed by atoms with E-state index in [0.717, 1.165) is 17.5 Å². The van der Waals surface area contributed by atoms with Crippen LogP contribution < -0.4 is 5.32 Å². The van der Waals surface area contributed by atoms with Gasteiger partial charge in [0, 0.05) is 17.5 Å². The Morgan fingerprint density at radius 3 is 2.55 bits per heavy atom. The first-order valence-electron chi connectivity index (χ1n) is 9.53. The molecule has 0 saturated heterocycles. The van der Waals surface area contributed by atoms with Crippen LogP contribution in [0, 0.1) is 0 Å². The van der Waals surface area contributed by atoms with Crippen LogP contribution in [0.1, 0.15) is 46.7 Å². The molecule has 0 aliphatic carbocycles. The van der Waals surface area contributed by atoms with Crippen LogP contribution in [0.25, 0.3) is 10.9 Å². The second-order valence-electron chi connectivity index (χ2n) is 6.67. The van der Waals surface area contributed by atoms with Crippen molar-refractivity contribution in [3.05, 3.63) is 65.4 Å². The van der Waals surface area contributed by atoms with Crippen molar-refractivity contribution >= 4 is 28.6 Å². The fourth-order valence-corrected chi connectivity index (χ4v) is 2.95. The number of rotatable bonds is 8. The van der Waals surface area contributed by atoms with Crippen LogP contribution >= 0.6 is 0 Å². The van der Waals surface area contributed by atoms with Gasteiger partial charge in [0.25, 0.3) is 5.91 Å². The highest BCUT2D eigenvalue weighted by atomic mass is 16.5. The van der Waals surface area contributed by atoms with E-state index in [9.17, 15) is 14.4 Å². The average Bonchev–Trinajstić information content (AvgIpc) is 3.17. The number of esters is 1. The number of hydrogen-bond donors (Lipinski definition) is 2. The summed E-state index contributed by atoms with van der Waals surface area (Å²) in [5.74, 6) is -1.19. The maximum absolute atomic E-state index is 12.4. The molecule has 3 rings (SSSR count). The Balaban J connectivity index is 1.47. The number of nitrogens with zero attached hydrogens (tertiary/aromatic N) is 1. The second kappa shape index (κ2) is 9.14. The third kappa shape index (κ3) is 4.87. The number of aromatic nitrogens is 2. The highest BCUT2D eigenvalue weighted by molar-refractivity contribution is 6.04. The van der Waals surface area contributed by atoms with Crippen LogP contribution in [0.4, 0.5) is 0 Å². The summed E-state index contributed by atoms with van der Waals surface area (Å²) in [5.41, 5.74) is 2.66. The minimum absolute atomic E-state index is 0.0412. The number of fused-ring (bicyclic) bond motifs is 1. The van der Waals surface area contributed by atoms with Gasteiger partial charge < -0.3 is 10.1 Å². The monoisotopic (exact) mass is 393 g/mol. The zero-order valence-electron chi connectivity index (χ0n) is 16.4. The maximum atomic E-state index is 12.4. The summed E-state index contributed by atoms with van der Waals surface area (Å²) in [7, 11) is 0. The number of nitrogens with one attached hydrogen (secondary N) is 2. The number of ether oxygens (including phenoxy) is 1. The van der Waals surface area contributed by atoms with Crippen LogP contribution in [-0.2, 0) is 16.0 Å². The van der Waals surface area contributed by atoms with E-state index in [1.54, 1.807) is 25.1 Å². The molecular weight excluding hydrogens is 370 g/mol. The van der Waals surface area contributed by atoms with Gasteiger partial charge in [0.15, 0.2) is 11.8 Å². The second-order valence-corrected chi connectivity index (χ2v) is 6.67. The summed E-state index contributed by atoms with van der Waals surface area (Å²) < 4.78 is 5.20. The van der Waals surface area contributed by atoms with Crippen molar-refractivity contribution in [2.45, 2.75) is 32.8 Å². The number of benzene rings is 2. The van der Waals surface area contributed by atoms with E-state index >= 15 is 0 Å². The molecule has 1 heterocycles. The summed E-state index contributed by atoms with van der Waals surface area (Å²) >= 11 is 0. The Kier molecular flexibility index (Phi) is 6.39. The van der Waals surface area contributed by atoms with E-state index in [1.807, 2.05) is 37.3 Å². The number of amides is 1. The van der Waals surface area contributed by atoms with Crippen molar-refractivity contribution in [2.75, 3.05) is 6.54 Å².